The van der Waals surface area contributed by atoms with Crippen LogP contribution in [0.4, 0.5) is 0 Å². The molecule has 1 aromatic rings. The smallest absolute Gasteiger partial charge is 0.251 e. The van der Waals surface area contributed by atoms with E-state index in [-0.39, 0.29) is 22.9 Å². The molecule has 1 heterocycles. The molecule has 2 unspecified atom stereocenters. The fourth-order valence-corrected chi connectivity index (χ4v) is 4.12. The monoisotopic (exact) mass is 353 g/mol. The maximum Gasteiger partial charge on any atom is 0.251 e. The minimum atomic E-state index is -3.52. The van der Waals surface area contributed by atoms with Crippen LogP contribution in [0.25, 0.3) is 0 Å². The Morgan fingerprint density at radius 1 is 1.29 bits per heavy atom. The minimum Gasteiger partial charge on any atom is -0.349 e. The molecular formula is C17H27N3O3S. The second kappa shape index (κ2) is 7.63. The lowest BCUT2D eigenvalue weighted by Crippen LogP contribution is -2.46. The molecule has 0 bridgehead atoms. The van der Waals surface area contributed by atoms with Crippen molar-refractivity contribution in [2.24, 2.45) is 0 Å². The van der Waals surface area contributed by atoms with Crippen molar-refractivity contribution in [3.05, 3.63) is 29.8 Å². The van der Waals surface area contributed by atoms with E-state index < -0.39 is 10.0 Å². The second-order valence-electron chi connectivity index (χ2n) is 6.69. The molecule has 2 N–H and O–H groups in total. The van der Waals surface area contributed by atoms with Crippen molar-refractivity contribution >= 4 is 15.9 Å². The Balaban J connectivity index is 2.07. The van der Waals surface area contributed by atoms with Crippen LogP contribution in [0.5, 0.6) is 0 Å². The van der Waals surface area contributed by atoms with Gasteiger partial charge in [0.05, 0.1) is 4.90 Å². The molecule has 24 heavy (non-hydrogen) atoms. The van der Waals surface area contributed by atoms with Gasteiger partial charge in [0.15, 0.2) is 0 Å². The molecule has 2 atom stereocenters. The van der Waals surface area contributed by atoms with E-state index in [1.807, 2.05) is 13.8 Å². The van der Waals surface area contributed by atoms with Gasteiger partial charge in [-0.2, -0.15) is 4.31 Å². The Kier molecular flexibility index (Phi) is 6.01. The second-order valence-corrected chi connectivity index (χ2v) is 8.69. The standard InChI is InChI=1S/C17H27N3O3S/c1-12(2)20(4)24(22,23)16-7-5-14(6-8-16)17(21)19-15-9-10-18-13(3)11-15/h5-8,12-13,15,18H,9-11H2,1-4H3,(H,19,21). The van der Waals surface area contributed by atoms with Crippen molar-refractivity contribution in [2.75, 3.05) is 13.6 Å². The molecule has 0 spiro atoms. The summed E-state index contributed by atoms with van der Waals surface area (Å²) in [6.45, 7) is 6.63. The molecule has 134 valence electrons. The van der Waals surface area contributed by atoms with Crippen LogP contribution in [0.1, 0.15) is 44.0 Å². The van der Waals surface area contributed by atoms with Gasteiger partial charge in [-0.15, -0.1) is 0 Å². The molecule has 1 aromatic carbocycles. The van der Waals surface area contributed by atoms with E-state index in [9.17, 15) is 13.2 Å². The van der Waals surface area contributed by atoms with Crippen LogP contribution in [0.15, 0.2) is 29.2 Å². The van der Waals surface area contributed by atoms with Crippen LogP contribution in [0, 0.1) is 0 Å². The fraction of sp³-hybridized carbons (Fsp3) is 0.588. The summed E-state index contributed by atoms with van der Waals surface area (Å²) < 4.78 is 26.2. The van der Waals surface area contributed by atoms with Crippen molar-refractivity contribution in [3.8, 4) is 0 Å². The van der Waals surface area contributed by atoms with Crippen molar-refractivity contribution in [1.29, 1.82) is 0 Å². The van der Waals surface area contributed by atoms with E-state index in [1.165, 1.54) is 16.4 Å². The maximum atomic E-state index is 12.4. The maximum absolute atomic E-state index is 12.4. The zero-order valence-corrected chi connectivity index (χ0v) is 15.6. The number of sulfonamides is 1. The molecule has 2 rings (SSSR count). The number of nitrogens with zero attached hydrogens (tertiary/aromatic N) is 1. The molecule has 1 amide bonds. The lowest BCUT2D eigenvalue weighted by Gasteiger charge is -2.28. The quantitative estimate of drug-likeness (QED) is 0.842. The summed E-state index contributed by atoms with van der Waals surface area (Å²) in [5.41, 5.74) is 0.479. The Hall–Kier alpha value is -1.44. The Labute approximate surface area is 144 Å². The van der Waals surface area contributed by atoms with E-state index in [2.05, 4.69) is 17.6 Å². The van der Waals surface area contributed by atoms with Crippen LogP contribution in [-0.4, -0.2) is 50.3 Å². The zero-order valence-electron chi connectivity index (χ0n) is 14.7. The van der Waals surface area contributed by atoms with Gasteiger partial charge < -0.3 is 10.6 Å². The van der Waals surface area contributed by atoms with Crippen molar-refractivity contribution < 1.29 is 13.2 Å². The third-order valence-electron chi connectivity index (χ3n) is 4.48. The zero-order chi connectivity index (χ0) is 17.9. The number of nitrogens with one attached hydrogen (secondary N) is 2. The van der Waals surface area contributed by atoms with E-state index in [1.54, 1.807) is 19.2 Å². The van der Waals surface area contributed by atoms with Gasteiger partial charge >= 0.3 is 0 Å². The lowest BCUT2D eigenvalue weighted by atomic mass is 10.0. The average Bonchev–Trinajstić information content (AvgIpc) is 2.54. The topological polar surface area (TPSA) is 78.5 Å². The highest BCUT2D eigenvalue weighted by molar-refractivity contribution is 7.89. The summed E-state index contributed by atoms with van der Waals surface area (Å²) in [6, 6.07) is 6.55. The summed E-state index contributed by atoms with van der Waals surface area (Å²) in [5, 5.41) is 6.37. The molecule has 1 saturated heterocycles. The van der Waals surface area contributed by atoms with Crippen molar-refractivity contribution in [2.45, 2.75) is 56.6 Å². The van der Waals surface area contributed by atoms with Crippen LogP contribution in [-0.2, 0) is 10.0 Å². The average molecular weight is 353 g/mol. The Bertz CT molecular complexity index is 671. The minimum absolute atomic E-state index is 0.125. The van der Waals surface area contributed by atoms with E-state index in [0.717, 1.165) is 19.4 Å². The summed E-state index contributed by atoms with van der Waals surface area (Å²) >= 11 is 0. The molecule has 0 aromatic heterocycles. The van der Waals surface area contributed by atoms with E-state index in [0.29, 0.717) is 11.6 Å². The van der Waals surface area contributed by atoms with Crippen molar-refractivity contribution in [3.63, 3.8) is 0 Å². The summed E-state index contributed by atoms with van der Waals surface area (Å²) in [7, 11) is -1.97. The van der Waals surface area contributed by atoms with Crippen LogP contribution in [0.2, 0.25) is 0 Å². The molecule has 7 heteroatoms. The first-order chi connectivity index (χ1) is 11.2. The largest absolute Gasteiger partial charge is 0.349 e. The number of benzene rings is 1. The molecule has 1 aliphatic heterocycles. The molecule has 1 aliphatic rings. The third kappa shape index (κ3) is 4.34. The highest BCUT2D eigenvalue weighted by Crippen LogP contribution is 2.17. The van der Waals surface area contributed by atoms with E-state index >= 15 is 0 Å². The highest BCUT2D eigenvalue weighted by atomic mass is 32.2. The number of hydrogen-bond donors (Lipinski definition) is 2. The predicted octanol–water partition coefficient (Wildman–Crippen LogP) is 1.59. The van der Waals surface area contributed by atoms with Gasteiger partial charge in [-0.1, -0.05) is 0 Å². The summed E-state index contributed by atoms with van der Waals surface area (Å²) in [4.78, 5) is 12.5. The van der Waals surface area contributed by atoms with Gasteiger partial charge in [-0.05, 0) is 64.4 Å². The molecule has 0 saturated carbocycles. The number of rotatable bonds is 5. The number of carbonyl (C=O) groups is 1. The number of amides is 1. The highest BCUT2D eigenvalue weighted by Gasteiger charge is 2.24. The first-order valence-electron chi connectivity index (χ1n) is 8.34. The normalized spacial score (nSPS) is 21.9. The van der Waals surface area contributed by atoms with Crippen molar-refractivity contribution in [1.82, 2.24) is 14.9 Å². The summed E-state index contributed by atoms with van der Waals surface area (Å²) in [5.74, 6) is -0.157. The van der Waals surface area contributed by atoms with Gasteiger partial charge in [0.1, 0.15) is 0 Å². The fourth-order valence-electron chi connectivity index (χ4n) is 2.75. The van der Waals surface area contributed by atoms with Gasteiger partial charge in [-0.25, -0.2) is 8.42 Å². The molecule has 0 radical (unpaired) electrons. The number of hydrogen-bond acceptors (Lipinski definition) is 4. The molecule has 6 nitrogen and oxygen atoms in total. The van der Waals surface area contributed by atoms with E-state index in [4.69, 9.17) is 0 Å². The van der Waals surface area contributed by atoms with Gasteiger partial charge in [0, 0.05) is 30.7 Å². The first kappa shape index (κ1) is 18.9. The molecule has 1 fully saturated rings. The molecular weight excluding hydrogens is 326 g/mol. The van der Waals surface area contributed by atoms with Gasteiger partial charge in [0.25, 0.3) is 5.91 Å². The molecule has 0 aliphatic carbocycles. The number of piperidine rings is 1. The predicted molar refractivity (Wildman–Crippen MR) is 94.5 cm³/mol. The van der Waals surface area contributed by atoms with Gasteiger partial charge in [0.2, 0.25) is 10.0 Å². The van der Waals surface area contributed by atoms with Crippen LogP contribution in [0.3, 0.4) is 0 Å². The Morgan fingerprint density at radius 3 is 2.46 bits per heavy atom. The van der Waals surface area contributed by atoms with Gasteiger partial charge in [-0.3, -0.25) is 4.79 Å². The first-order valence-corrected chi connectivity index (χ1v) is 9.78. The van der Waals surface area contributed by atoms with Crippen LogP contribution < -0.4 is 10.6 Å². The Morgan fingerprint density at radius 2 is 1.92 bits per heavy atom. The third-order valence-corrected chi connectivity index (χ3v) is 6.53. The number of carbonyl (C=O) groups excluding carboxylic acids is 1. The lowest BCUT2D eigenvalue weighted by molar-refractivity contribution is 0.0925. The summed E-state index contributed by atoms with van der Waals surface area (Å²) in [6.07, 6.45) is 1.80. The SMILES string of the molecule is CC1CC(NC(=O)c2ccc(S(=O)(=O)N(C)C(C)C)cc2)CCN1. The van der Waals surface area contributed by atoms with Crippen LogP contribution >= 0.6 is 0 Å².